The van der Waals surface area contributed by atoms with Gasteiger partial charge in [0.05, 0.1) is 33.5 Å². The molecule has 27 heavy (non-hydrogen) atoms. The van der Waals surface area contributed by atoms with Gasteiger partial charge >= 0.3 is 0 Å². The summed E-state index contributed by atoms with van der Waals surface area (Å²) >= 11 is 9.03. The van der Waals surface area contributed by atoms with Crippen LogP contribution in [0.25, 0.3) is 10.6 Å². The van der Waals surface area contributed by atoms with Gasteiger partial charge in [-0.3, -0.25) is 14.3 Å². The smallest absolute Gasteiger partial charge is 0.247 e. The molecule has 10 heteroatoms. The molecule has 142 valence electrons. The molecule has 0 saturated carbocycles. The molecule has 0 bridgehead atoms. The van der Waals surface area contributed by atoms with Crippen molar-refractivity contribution in [3.8, 4) is 10.6 Å². The van der Waals surface area contributed by atoms with Gasteiger partial charge in [-0.15, -0.1) is 22.7 Å². The van der Waals surface area contributed by atoms with E-state index in [1.165, 1.54) is 18.3 Å². The third-order valence-corrected chi connectivity index (χ3v) is 6.18. The van der Waals surface area contributed by atoms with Gasteiger partial charge in [-0.2, -0.15) is 5.10 Å². The van der Waals surface area contributed by atoms with Gasteiger partial charge in [-0.25, -0.2) is 4.98 Å². The summed E-state index contributed by atoms with van der Waals surface area (Å²) in [5.74, 6) is -0.275. The molecule has 2 N–H and O–H groups in total. The molecule has 3 aromatic heterocycles. The zero-order chi connectivity index (χ0) is 19.6. The number of hydrogen-bond donors (Lipinski definition) is 2. The summed E-state index contributed by atoms with van der Waals surface area (Å²) in [6.45, 7) is 5.70. The standard InChI is InChI=1S/C17H18ClN5O2S2/c1-9-16(18)10(2)23(22-9)7-15(25)21-17-20-13(8-26-17)14-5-4-12(27-14)6-19-11(3)24/h4-5,8H,6-7H2,1-3H3,(H,19,24)(H,20,21,25). The molecule has 0 spiro atoms. The van der Waals surface area contributed by atoms with Crippen LogP contribution in [0.1, 0.15) is 23.2 Å². The lowest BCUT2D eigenvalue weighted by atomic mass is 10.3. The van der Waals surface area contributed by atoms with Gasteiger partial charge in [-0.1, -0.05) is 11.6 Å². The molecule has 0 radical (unpaired) electrons. The first-order valence-corrected chi connectivity index (χ1v) is 10.2. The van der Waals surface area contributed by atoms with Crippen molar-refractivity contribution < 1.29 is 9.59 Å². The van der Waals surface area contributed by atoms with Crippen LogP contribution in [0.3, 0.4) is 0 Å². The number of anilines is 1. The van der Waals surface area contributed by atoms with E-state index in [9.17, 15) is 9.59 Å². The highest BCUT2D eigenvalue weighted by molar-refractivity contribution is 7.17. The monoisotopic (exact) mass is 423 g/mol. The zero-order valence-electron chi connectivity index (χ0n) is 15.0. The number of thiophene rings is 1. The lowest BCUT2D eigenvalue weighted by Gasteiger charge is -2.04. The van der Waals surface area contributed by atoms with E-state index in [0.717, 1.165) is 21.1 Å². The van der Waals surface area contributed by atoms with Gasteiger partial charge in [-0.05, 0) is 26.0 Å². The van der Waals surface area contributed by atoms with Gasteiger partial charge in [0.15, 0.2) is 5.13 Å². The SMILES string of the molecule is CC(=O)NCc1ccc(-c2csc(NC(=O)Cn3nc(C)c(Cl)c3C)n2)s1. The van der Waals surface area contributed by atoms with E-state index >= 15 is 0 Å². The molecule has 0 saturated heterocycles. The largest absolute Gasteiger partial charge is 0.351 e. The molecule has 7 nitrogen and oxygen atoms in total. The van der Waals surface area contributed by atoms with Gasteiger partial charge in [0.1, 0.15) is 6.54 Å². The highest BCUT2D eigenvalue weighted by Gasteiger charge is 2.14. The number of thiazole rings is 1. The summed E-state index contributed by atoms with van der Waals surface area (Å²) in [5.41, 5.74) is 2.25. The van der Waals surface area contributed by atoms with Crippen LogP contribution in [0, 0.1) is 13.8 Å². The van der Waals surface area contributed by atoms with E-state index in [4.69, 9.17) is 11.6 Å². The lowest BCUT2D eigenvalue weighted by molar-refractivity contribution is -0.119. The fourth-order valence-corrected chi connectivity index (χ4v) is 4.24. The minimum absolute atomic E-state index is 0.0625. The average Bonchev–Trinajstić information content (AvgIpc) is 3.31. The van der Waals surface area contributed by atoms with Crippen molar-refractivity contribution in [3.05, 3.63) is 38.8 Å². The second-order valence-electron chi connectivity index (χ2n) is 5.90. The van der Waals surface area contributed by atoms with Crippen LogP contribution >= 0.6 is 34.3 Å². The van der Waals surface area contributed by atoms with Crippen molar-refractivity contribution in [1.82, 2.24) is 20.1 Å². The molecule has 0 aliphatic rings. The van der Waals surface area contributed by atoms with Crippen LogP contribution < -0.4 is 10.6 Å². The Hall–Kier alpha value is -2.23. The van der Waals surface area contributed by atoms with Crippen molar-refractivity contribution in [2.45, 2.75) is 33.9 Å². The molecule has 0 unspecified atom stereocenters. The first-order valence-electron chi connectivity index (χ1n) is 8.12. The van der Waals surface area contributed by atoms with Crippen LogP contribution in [0.2, 0.25) is 5.02 Å². The number of nitrogens with one attached hydrogen (secondary N) is 2. The number of hydrogen-bond acceptors (Lipinski definition) is 6. The van der Waals surface area contributed by atoms with Gasteiger partial charge in [0.2, 0.25) is 11.8 Å². The number of halogens is 1. The molecule has 3 aromatic rings. The maximum Gasteiger partial charge on any atom is 0.247 e. The Balaban J connectivity index is 1.63. The van der Waals surface area contributed by atoms with E-state index in [0.29, 0.717) is 22.4 Å². The number of carbonyl (C=O) groups excluding carboxylic acids is 2. The molecule has 0 aliphatic heterocycles. The second-order valence-corrected chi connectivity index (χ2v) is 8.31. The topological polar surface area (TPSA) is 88.9 Å². The predicted molar refractivity (Wildman–Crippen MR) is 108 cm³/mol. The van der Waals surface area contributed by atoms with E-state index in [1.54, 1.807) is 22.9 Å². The van der Waals surface area contributed by atoms with Crippen LogP contribution in [0.5, 0.6) is 0 Å². The van der Waals surface area contributed by atoms with Crippen LogP contribution in [-0.2, 0) is 22.7 Å². The molecule has 2 amide bonds. The summed E-state index contributed by atoms with van der Waals surface area (Å²) < 4.78 is 1.58. The second kappa shape index (κ2) is 8.20. The number of aromatic nitrogens is 3. The molecule has 3 heterocycles. The normalized spacial score (nSPS) is 10.8. The third kappa shape index (κ3) is 4.74. The summed E-state index contributed by atoms with van der Waals surface area (Å²) in [7, 11) is 0. The van der Waals surface area contributed by atoms with Crippen molar-refractivity contribution in [2.24, 2.45) is 0 Å². The van der Waals surface area contributed by atoms with Crippen LogP contribution in [0.15, 0.2) is 17.5 Å². The molecule has 0 aliphatic carbocycles. The Morgan fingerprint density at radius 3 is 2.74 bits per heavy atom. The number of nitrogens with zero attached hydrogens (tertiary/aromatic N) is 3. The number of aryl methyl sites for hydroxylation is 1. The van der Waals surface area contributed by atoms with Crippen molar-refractivity contribution >= 4 is 51.2 Å². The number of amides is 2. The lowest BCUT2D eigenvalue weighted by Crippen LogP contribution is -2.20. The molecule has 0 fully saturated rings. The Morgan fingerprint density at radius 2 is 2.07 bits per heavy atom. The Kier molecular flexibility index (Phi) is 5.93. The van der Waals surface area contributed by atoms with Gasteiger partial charge in [0.25, 0.3) is 0 Å². The predicted octanol–water partition coefficient (Wildman–Crippen LogP) is 3.61. The van der Waals surface area contributed by atoms with Crippen molar-refractivity contribution in [2.75, 3.05) is 5.32 Å². The van der Waals surface area contributed by atoms with Crippen LogP contribution in [0.4, 0.5) is 5.13 Å². The van der Waals surface area contributed by atoms with E-state index in [-0.39, 0.29) is 18.4 Å². The van der Waals surface area contributed by atoms with E-state index in [1.807, 2.05) is 24.4 Å². The Morgan fingerprint density at radius 1 is 1.30 bits per heavy atom. The molecule has 3 rings (SSSR count). The fourth-order valence-electron chi connectivity index (χ4n) is 2.39. The van der Waals surface area contributed by atoms with Crippen molar-refractivity contribution in [1.29, 1.82) is 0 Å². The molecular weight excluding hydrogens is 406 g/mol. The fraction of sp³-hybridized carbons (Fsp3) is 0.294. The number of carbonyl (C=O) groups is 2. The molecule has 0 aromatic carbocycles. The first-order chi connectivity index (χ1) is 12.8. The summed E-state index contributed by atoms with van der Waals surface area (Å²) in [5, 5.41) is 12.8. The molecular formula is C17H18ClN5O2S2. The Bertz CT molecular complexity index is 992. The summed E-state index contributed by atoms with van der Waals surface area (Å²) in [6.07, 6.45) is 0. The highest BCUT2D eigenvalue weighted by Crippen LogP contribution is 2.30. The Labute approximate surface area is 169 Å². The van der Waals surface area contributed by atoms with Crippen molar-refractivity contribution in [3.63, 3.8) is 0 Å². The van der Waals surface area contributed by atoms with Gasteiger partial charge < -0.3 is 10.6 Å². The van der Waals surface area contributed by atoms with E-state index in [2.05, 4.69) is 20.7 Å². The van der Waals surface area contributed by atoms with Crippen LogP contribution in [-0.4, -0.2) is 26.6 Å². The zero-order valence-corrected chi connectivity index (χ0v) is 17.4. The minimum atomic E-state index is -0.212. The maximum absolute atomic E-state index is 12.3. The average molecular weight is 424 g/mol. The number of rotatable bonds is 6. The van der Waals surface area contributed by atoms with E-state index < -0.39 is 0 Å². The summed E-state index contributed by atoms with van der Waals surface area (Å²) in [6, 6.07) is 3.92. The maximum atomic E-state index is 12.3. The third-order valence-electron chi connectivity index (χ3n) is 3.76. The van der Waals surface area contributed by atoms with Gasteiger partial charge in [0, 0.05) is 17.2 Å². The quantitative estimate of drug-likeness (QED) is 0.633. The summed E-state index contributed by atoms with van der Waals surface area (Å²) in [4.78, 5) is 29.8. The highest BCUT2D eigenvalue weighted by atomic mass is 35.5. The molecule has 0 atom stereocenters. The minimum Gasteiger partial charge on any atom is -0.351 e. The first kappa shape index (κ1) is 19.5.